The van der Waals surface area contributed by atoms with Crippen molar-refractivity contribution in [1.82, 2.24) is 9.78 Å². The van der Waals surface area contributed by atoms with Crippen LogP contribution in [-0.4, -0.2) is 27.5 Å². The van der Waals surface area contributed by atoms with E-state index in [-0.39, 0.29) is 0 Å². The number of halogens is 1. The number of benzene rings is 1. The third kappa shape index (κ3) is 3.19. The molecule has 0 amide bonds. The number of ether oxygens (including phenoxy) is 1. The maximum absolute atomic E-state index is 10.5. The van der Waals surface area contributed by atoms with E-state index in [2.05, 4.69) is 5.10 Å². The summed E-state index contributed by atoms with van der Waals surface area (Å²) in [7, 11) is 0. The smallest absolute Gasteiger partial charge is 0.341 e. The predicted octanol–water partition coefficient (Wildman–Crippen LogP) is 3.30. The first-order chi connectivity index (χ1) is 9.93. The van der Waals surface area contributed by atoms with Gasteiger partial charge in [0.1, 0.15) is 5.75 Å². The van der Waals surface area contributed by atoms with Gasteiger partial charge >= 0.3 is 5.97 Å². The van der Waals surface area contributed by atoms with Gasteiger partial charge in [-0.15, -0.1) is 0 Å². The van der Waals surface area contributed by atoms with Crippen molar-refractivity contribution in [2.45, 2.75) is 27.3 Å². The lowest BCUT2D eigenvalue weighted by molar-refractivity contribution is -0.139. The second kappa shape index (κ2) is 6.18. The van der Waals surface area contributed by atoms with Crippen molar-refractivity contribution < 1.29 is 14.6 Å². The van der Waals surface area contributed by atoms with Gasteiger partial charge in [0, 0.05) is 17.8 Å². The molecule has 21 heavy (non-hydrogen) atoms. The highest BCUT2D eigenvalue weighted by molar-refractivity contribution is 6.32. The van der Waals surface area contributed by atoms with Gasteiger partial charge in [0.2, 0.25) is 0 Å². The molecule has 0 saturated heterocycles. The van der Waals surface area contributed by atoms with Crippen molar-refractivity contribution in [1.29, 1.82) is 0 Å². The van der Waals surface area contributed by atoms with Crippen LogP contribution >= 0.6 is 11.6 Å². The summed E-state index contributed by atoms with van der Waals surface area (Å²) in [6, 6.07) is 5.32. The normalized spacial score (nSPS) is 10.7. The van der Waals surface area contributed by atoms with E-state index in [9.17, 15) is 4.79 Å². The number of rotatable bonds is 5. The first kappa shape index (κ1) is 15.4. The van der Waals surface area contributed by atoms with Crippen LogP contribution in [0, 0.1) is 13.8 Å². The first-order valence-electron chi connectivity index (χ1n) is 6.62. The summed E-state index contributed by atoms with van der Waals surface area (Å²) in [5.41, 5.74) is 4.00. The molecule has 0 radical (unpaired) electrons. The molecule has 5 nitrogen and oxygen atoms in total. The van der Waals surface area contributed by atoms with Crippen LogP contribution < -0.4 is 4.74 Å². The van der Waals surface area contributed by atoms with Crippen LogP contribution in [0.3, 0.4) is 0 Å². The lowest BCUT2D eigenvalue weighted by Crippen LogP contribution is -2.09. The number of carboxylic acid groups (broad SMARTS) is 1. The minimum Gasteiger partial charge on any atom is -0.480 e. The van der Waals surface area contributed by atoms with Gasteiger partial charge in [-0.1, -0.05) is 17.7 Å². The molecule has 0 aliphatic heterocycles. The standard InChI is InChI=1S/C15H17ClN2O3/c1-4-18-10(3)15(9(2)17-18)11-5-6-13(12(16)7-11)21-8-14(19)20/h5-7H,4,8H2,1-3H3,(H,19,20). The number of aromatic nitrogens is 2. The van der Waals surface area contributed by atoms with Gasteiger partial charge in [0.05, 0.1) is 10.7 Å². The van der Waals surface area contributed by atoms with Crippen molar-refractivity contribution in [3.8, 4) is 16.9 Å². The summed E-state index contributed by atoms with van der Waals surface area (Å²) >= 11 is 6.16. The number of nitrogens with zero attached hydrogens (tertiary/aromatic N) is 2. The largest absolute Gasteiger partial charge is 0.480 e. The summed E-state index contributed by atoms with van der Waals surface area (Å²) in [4.78, 5) is 10.5. The second-order valence-corrected chi connectivity index (χ2v) is 5.10. The van der Waals surface area contributed by atoms with Crippen molar-refractivity contribution in [2.24, 2.45) is 0 Å². The zero-order valence-electron chi connectivity index (χ0n) is 12.2. The average molecular weight is 309 g/mol. The molecule has 1 heterocycles. The highest BCUT2D eigenvalue weighted by Gasteiger charge is 2.14. The molecular weight excluding hydrogens is 292 g/mol. The van der Waals surface area contributed by atoms with E-state index in [1.807, 2.05) is 31.5 Å². The molecule has 1 aromatic carbocycles. The third-order valence-corrected chi connectivity index (χ3v) is 3.55. The van der Waals surface area contributed by atoms with Crippen molar-refractivity contribution in [3.63, 3.8) is 0 Å². The number of aliphatic carboxylic acids is 1. The number of carboxylic acids is 1. The topological polar surface area (TPSA) is 64.4 Å². The number of hydrogen-bond acceptors (Lipinski definition) is 3. The van der Waals surface area contributed by atoms with Crippen LogP contribution in [0.2, 0.25) is 5.02 Å². The molecular formula is C15H17ClN2O3. The Bertz CT molecular complexity index is 680. The Morgan fingerprint density at radius 3 is 2.67 bits per heavy atom. The summed E-state index contributed by atoms with van der Waals surface area (Å²) < 4.78 is 7.06. The molecule has 1 aromatic heterocycles. The molecule has 0 fully saturated rings. The molecule has 0 bridgehead atoms. The van der Waals surface area contributed by atoms with Crippen LogP contribution in [-0.2, 0) is 11.3 Å². The van der Waals surface area contributed by atoms with Gasteiger partial charge in [-0.05, 0) is 38.5 Å². The van der Waals surface area contributed by atoms with Crippen LogP contribution in [0.15, 0.2) is 18.2 Å². The van der Waals surface area contributed by atoms with Gasteiger partial charge in [-0.25, -0.2) is 4.79 Å². The predicted molar refractivity (Wildman–Crippen MR) is 81.0 cm³/mol. The van der Waals surface area contributed by atoms with Crippen LogP contribution in [0.25, 0.3) is 11.1 Å². The summed E-state index contributed by atoms with van der Waals surface area (Å²) in [6.45, 7) is 6.41. The van der Waals surface area contributed by atoms with Gasteiger partial charge in [-0.3, -0.25) is 4.68 Å². The molecule has 0 atom stereocenters. The number of carbonyl (C=O) groups is 1. The Labute approximate surface area is 128 Å². The van der Waals surface area contributed by atoms with E-state index in [0.29, 0.717) is 10.8 Å². The number of aryl methyl sites for hydroxylation is 2. The van der Waals surface area contributed by atoms with Crippen molar-refractivity contribution >= 4 is 17.6 Å². The van der Waals surface area contributed by atoms with Crippen LogP contribution in [0.1, 0.15) is 18.3 Å². The second-order valence-electron chi connectivity index (χ2n) is 4.69. The Hall–Kier alpha value is -2.01. The molecule has 0 saturated carbocycles. The Kier molecular flexibility index (Phi) is 4.53. The van der Waals surface area contributed by atoms with Gasteiger partial charge in [0.15, 0.2) is 6.61 Å². The lowest BCUT2D eigenvalue weighted by atomic mass is 10.0. The zero-order chi connectivity index (χ0) is 15.6. The molecule has 0 spiro atoms. The Balaban J connectivity index is 2.36. The van der Waals surface area contributed by atoms with Crippen LogP contribution in [0.4, 0.5) is 0 Å². The first-order valence-corrected chi connectivity index (χ1v) is 7.00. The lowest BCUT2D eigenvalue weighted by Gasteiger charge is -2.08. The summed E-state index contributed by atoms with van der Waals surface area (Å²) in [5.74, 6) is -0.674. The van der Waals surface area contributed by atoms with E-state index >= 15 is 0 Å². The van der Waals surface area contributed by atoms with Crippen molar-refractivity contribution in [2.75, 3.05) is 6.61 Å². The monoisotopic (exact) mass is 308 g/mol. The average Bonchev–Trinajstić information content (AvgIpc) is 2.71. The van der Waals surface area contributed by atoms with E-state index < -0.39 is 12.6 Å². The SMILES string of the molecule is CCn1nc(C)c(-c2ccc(OCC(=O)O)c(Cl)c2)c1C. The van der Waals surface area contributed by atoms with E-state index in [1.54, 1.807) is 12.1 Å². The molecule has 1 N–H and O–H groups in total. The highest BCUT2D eigenvalue weighted by Crippen LogP contribution is 2.33. The van der Waals surface area contributed by atoms with E-state index in [0.717, 1.165) is 29.1 Å². The molecule has 6 heteroatoms. The molecule has 0 aliphatic carbocycles. The quantitative estimate of drug-likeness (QED) is 0.920. The summed E-state index contributed by atoms with van der Waals surface area (Å²) in [5, 5.41) is 13.5. The minimum absolute atomic E-state index is 0.362. The van der Waals surface area contributed by atoms with Crippen molar-refractivity contribution in [3.05, 3.63) is 34.6 Å². The minimum atomic E-state index is -1.04. The maximum atomic E-state index is 10.5. The third-order valence-electron chi connectivity index (χ3n) is 3.25. The Morgan fingerprint density at radius 1 is 1.43 bits per heavy atom. The van der Waals surface area contributed by atoms with E-state index in [1.165, 1.54) is 0 Å². The number of hydrogen-bond donors (Lipinski definition) is 1. The van der Waals surface area contributed by atoms with Gasteiger partial charge < -0.3 is 9.84 Å². The molecule has 2 rings (SSSR count). The fraction of sp³-hybridized carbons (Fsp3) is 0.333. The maximum Gasteiger partial charge on any atom is 0.341 e. The van der Waals surface area contributed by atoms with E-state index in [4.69, 9.17) is 21.4 Å². The van der Waals surface area contributed by atoms with Gasteiger partial charge in [0.25, 0.3) is 0 Å². The fourth-order valence-electron chi connectivity index (χ4n) is 2.34. The summed E-state index contributed by atoms with van der Waals surface area (Å²) in [6.07, 6.45) is 0. The zero-order valence-corrected chi connectivity index (χ0v) is 12.9. The molecule has 2 aromatic rings. The molecule has 0 aliphatic rings. The van der Waals surface area contributed by atoms with Gasteiger partial charge in [-0.2, -0.15) is 5.10 Å². The van der Waals surface area contributed by atoms with Crippen LogP contribution in [0.5, 0.6) is 5.75 Å². The molecule has 112 valence electrons. The fourth-order valence-corrected chi connectivity index (χ4v) is 2.57. The molecule has 0 unspecified atom stereocenters. The Morgan fingerprint density at radius 2 is 2.14 bits per heavy atom. The highest BCUT2D eigenvalue weighted by atomic mass is 35.5.